The third kappa shape index (κ3) is 2.67. The molecule has 0 unspecified atom stereocenters. The number of carbonyl (C=O) groups is 2. The fraction of sp³-hybridized carbons (Fsp3) is 0.600. The van der Waals surface area contributed by atoms with Crippen LogP contribution in [0.4, 0.5) is 0 Å². The minimum Gasteiger partial charge on any atom is -0.392 e. The maximum absolute atomic E-state index is 12.9. The Labute approximate surface area is 202 Å². The molecule has 4 nitrogen and oxygen atoms in total. The largest absolute Gasteiger partial charge is 0.392 e. The maximum Gasteiger partial charge on any atom is 0.159 e. The lowest BCUT2D eigenvalue weighted by molar-refractivity contribution is -0.117. The molecule has 34 heavy (non-hydrogen) atoms. The van der Waals surface area contributed by atoms with Crippen molar-refractivity contribution in [2.24, 2.45) is 28.6 Å². The lowest BCUT2D eigenvalue weighted by Gasteiger charge is -2.56. The molecular weight excluding hydrogens is 424 g/mol. The second kappa shape index (κ2) is 7.24. The monoisotopic (exact) mass is 460 g/mol. The predicted molar refractivity (Wildman–Crippen MR) is 130 cm³/mol. The Bertz CT molecular complexity index is 1120. The van der Waals surface area contributed by atoms with Crippen molar-refractivity contribution in [2.75, 3.05) is 6.61 Å². The van der Waals surface area contributed by atoms with Gasteiger partial charge >= 0.3 is 0 Å². The van der Waals surface area contributed by atoms with Crippen LogP contribution in [0.5, 0.6) is 0 Å². The van der Waals surface area contributed by atoms with Gasteiger partial charge in [0.2, 0.25) is 0 Å². The van der Waals surface area contributed by atoms with Gasteiger partial charge < -0.3 is 10.2 Å². The Hall–Kier alpha value is -2.04. The van der Waals surface area contributed by atoms with Gasteiger partial charge in [-0.1, -0.05) is 48.9 Å². The van der Waals surface area contributed by atoms with Crippen LogP contribution in [0.2, 0.25) is 0 Å². The zero-order valence-electron chi connectivity index (χ0n) is 20.3. The molecule has 4 heteroatoms. The summed E-state index contributed by atoms with van der Waals surface area (Å²) >= 11 is 0. The molecule has 0 saturated heterocycles. The van der Waals surface area contributed by atoms with E-state index >= 15 is 0 Å². The number of hydrogen-bond donors (Lipinski definition) is 2. The van der Waals surface area contributed by atoms with Crippen LogP contribution in [0.15, 0.2) is 48.1 Å². The lowest BCUT2D eigenvalue weighted by atomic mass is 9.48. The molecule has 0 aromatic heterocycles. The molecule has 180 valence electrons. The Morgan fingerprint density at radius 3 is 2.56 bits per heavy atom. The van der Waals surface area contributed by atoms with E-state index in [4.69, 9.17) is 0 Å². The average molecular weight is 461 g/mol. The van der Waals surface area contributed by atoms with Crippen LogP contribution in [-0.2, 0) is 10.2 Å². The number of aliphatic hydroxyl groups excluding tert-OH is 1. The molecule has 5 aliphatic rings. The van der Waals surface area contributed by atoms with E-state index < -0.39 is 5.60 Å². The molecule has 7 atom stereocenters. The van der Waals surface area contributed by atoms with Crippen molar-refractivity contribution in [3.63, 3.8) is 0 Å². The second-order valence-electron chi connectivity index (χ2n) is 12.1. The second-order valence-corrected chi connectivity index (χ2v) is 12.1. The van der Waals surface area contributed by atoms with Gasteiger partial charge in [0.1, 0.15) is 0 Å². The van der Waals surface area contributed by atoms with Gasteiger partial charge in [0, 0.05) is 28.2 Å². The summed E-state index contributed by atoms with van der Waals surface area (Å²) in [5.41, 5.74) is 2.24. The van der Waals surface area contributed by atoms with Crippen molar-refractivity contribution in [3.05, 3.63) is 59.2 Å². The van der Waals surface area contributed by atoms with E-state index in [1.165, 1.54) is 11.1 Å². The summed E-state index contributed by atoms with van der Waals surface area (Å²) in [6.45, 7) is 3.84. The van der Waals surface area contributed by atoms with Crippen molar-refractivity contribution in [1.29, 1.82) is 0 Å². The van der Waals surface area contributed by atoms with E-state index in [1.807, 2.05) is 24.3 Å². The molecule has 5 aliphatic carbocycles. The number of carbonyl (C=O) groups excluding carboxylic acids is 2. The SMILES string of the molecule is CC(=O)c1ccc([C@]23CC(=O)C=C4CC[C@H]5[C@@H]6CC[C@@](O)(/C=C\CO)[C@@]6(C)CC[C@@H]5[C@@]42C3)cc1. The Balaban J connectivity index is 1.38. The fourth-order valence-electron chi connectivity index (χ4n) is 9.45. The molecule has 6 rings (SSSR count). The molecule has 0 bridgehead atoms. The third-order valence-electron chi connectivity index (χ3n) is 11.1. The molecule has 1 spiro atoms. The van der Waals surface area contributed by atoms with Gasteiger partial charge in [0.25, 0.3) is 0 Å². The van der Waals surface area contributed by atoms with E-state index in [-0.39, 0.29) is 34.4 Å². The smallest absolute Gasteiger partial charge is 0.159 e. The number of aliphatic hydroxyl groups is 2. The average Bonchev–Trinajstić information content (AvgIpc) is 3.42. The highest BCUT2D eigenvalue weighted by atomic mass is 16.3. The minimum absolute atomic E-state index is 0.0364. The normalized spacial score (nSPS) is 44.6. The van der Waals surface area contributed by atoms with Crippen LogP contribution in [0.25, 0.3) is 0 Å². The summed E-state index contributed by atoms with van der Waals surface area (Å²) in [5, 5.41) is 21.0. The van der Waals surface area contributed by atoms with Crippen molar-refractivity contribution < 1.29 is 19.8 Å². The lowest BCUT2D eigenvalue weighted by Crippen LogP contribution is -2.53. The summed E-state index contributed by atoms with van der Waals surface area (Å²) in [4.78, 5) is 24.7. The molecule has 0 heterocycles. The molecule has 2 N–H and O–H groups in total. The molecule has 1 aromatic carbocycles. The zero-order valence-corrected chi connectivity index (χ0v) is 20.3. The van der Waals surface area contributed by atoms with Gasteiger partial charge in [-0.05, 0) is 81.3 Å². The van der Waals surface area contributed by atoms with Crippen molar-refractivity contribution in [1.82, 2.24) is 0 Å². The summed E-state index contributed by atoms with van der Waals surface area (Å²) in [6, 6.07) is 8.08. The molecule has 0 aliphatic heterocycles. The Morgan fingerprint density at radius 2 is 1.85 bits per heavy atom. The first-order valence-corrected chi connectivity index (χ1v) is 13.1. The van der Waals surface area contributed by atoms with E-state index in [0.717, 1.165) is 50.5 Å². The topological polar surface area (TPSA) is 74.6 Å². The van der Waals surface area contributed by atoms with Crippen LogP contribution in [0.3, 0.4) is 0 Å². The van der Waals surface area contributed by atoms with Crippen molar-refractivity contribution in [2.45, 2.75) is 76.2 Å². The molecule has 4 saturated carbocycles. The number of fused-ring (bicyclic) bond motifs is 3. The van der Waals surface area contributed by atoms with Gasteiger partial charge in [-0.15, -0.1) is 0 Å². The quantitative estimate of drug-likeness (QED) is 0.493. The molecular formula is C30H36O4. The highest BCUT2D eigenvalue weighted by molar-refractivity contribution is 5.96. The number of benzene rings is 1. The Kier molecular flexibility index (Phi) is 4.77. The summed E-state index contributed by atoms with van der Waals surface area (Å²) in [5.74, 6) is 1.88. The van der Waals surface area contributed by atoms with Gasteiger partial charge in [-0.2, -0.15) is 0 Å². The molecule has 4 fully saturated rings. The summed E-state index contributed by atoms with van der Waals surface area (Å²) in [7, 11) is 0. The molecule has 0 amide bonds. The van der Waals surface area contributed by atoms with Crippen molar-refractivity contribution >= 4 is 11.6 Å². The first kappa shape index (κ1) is 22.4. The number of Topliss-reactive ketones (excluding diaryl/α,β-unsaturated/α-hetero) is 1. The van der Waals surface area contributed by atoms with Crippen LogP contribution in [0, 0.1) is 28.6 Å². The fourth-order valence-corrected chi connectivity index (χ4v) is 9.45. The van der Waals surface area contributed by atoms with Gasteiger partial charge in [-0.25, -0.2) is 0 Å². The first-order valence-electron chi connectivity index (χ1n) is 13.1. The van der Waals surface area contributed by atoms with Crippen LogP contribution >= 0.6 is 0 Å². The highest BCUT2D eigenvalue weighted by Crippen LogP contribution is 2.81. The van der Waals surface area contributed by atoms with E-state index in [0.29, 0.717) is 24.2 Å². The predicted octanol–water partition coefficient (Wildman–Crippen LogP) is 4.93. The first-order chi connectivity index (χ1) is 16.2. The maximum atomic E-state index is 12.9. The van der Waals surface area contributed by atoms with Crippen LogP contribution < -0.4 is 0 Å². The third-order valence-corrected chi connectivity index (χ3v) is 11.1. The van der Waals surface area contributed by atoms with Gasteiger partial charge in [0.15, 0.2) is 11.6 Å². The highest BCUT2D eigenvalue weighted by Gasteiger charge is 2.77. The number of allylic oxidation sites excluding steroid dienone is 1. The summed E-state index contributed by atoms with van der Waals surface area (Å²) < 4.78 is 0. The van der Waals surface area contributed by atoms with Crippen LogP contribution in [-0.4, -0.2) is 34.0 Å². The van der Waals surface area contributed by atoms with E-state index in [1.54, 1.807) is 13.0 Å². The van der Waals surface area contributed by atoms with E-state index in [2.05, 4.69) is 19.1 Å². The number of ketones is 2. The van der Waals surface area contributed by atoms with Gasteiger partial charge in [-0.3, -0.25) is 9.59 Å². The van der Waals surface area contributed by atoms with Crippen LogP contribution in [0.1, 0.15) is 81.1 Å². The summed E-state index contributed by atoms with van der Waals surface area (Å²) in [6.07, 6.45) is 13.1. The Morgan fingerprint density at radius 1 is 1.12 bits per heavy atom. The molecule has 0 radical (unpaired) electrons. The van der Waals surface area contributed by atoms with E-state index in [9.17, 15) is 19.8 Å². The molecule has 1 aromatic rings. The number of rotatable bonds is 4. The number of hydrogen-bond acceptors (Lipinski definition) is 4. The van der Waals surface area contributed by atoms with Crippen molar-refractivity contribution in [3.8, 4) is 0 Å². The standard InChI is InChI=1S/C30H36O4/c1-19(32)20-4-6-21(7-5-20)28-17-23(33)16-22-8-9-24-25-11-14-29(34,12-3-15-31)27(25,2)13-10-26(24)30(22,28)18-28/h3-7,12,16,24-26,31,34H,8-11,13-15,17-18H2,1-2H3/b12-3-/t24-,25-,26-,27-,28+,29-,30+/m0/s1. The minimum atomic E-state index is -0.842. The zero-order chi connectivity index (χ0) is 23.9. The van der Waals surface area contributed by atoms with Gasteiger partial charge in [0.05, 0.1) is 12.2 Å².